The molecule has 0 spiro atoms. The van der Waals surface area contributed by atoms with E-state index in [1.807, 2.05) is 30.3 Å². The van der Waals surface area contributed by atoms with Gasteiger partial charge in [-0.25, -0.2) is 4.79 Å². The predicted molar refractivity (Wildman–Crippen MR) is 131 cm³/mol. The topological polar surface area (TPSA) is 74.4 Å². The summed E-state index contributed by atoms with van der Waals surface area (Å²) in [6, 6.07) is 20.6. The molecule has 1 aromatic heterocycles. The lowest BCUT2D eigenvalue weighted by Crippen LogP contribution is -2.31. The smallest absolute Gasteiger partial charge is 0.375 e. The van der Waals surface area contributed by atoms with Crippen molar-refractivity contribution in [3.8, 4) is 11.3 Å². The maximum absolute atomic E-state index is 13.5. The molecule has 3 aromatic carbocycles. The number of nitrogens with zero attached hydrogens (tertiary/aromatic N) is 1. The van der Waals surface area contributed by atoms with Gasteiger partial charge in [-0.3, -0.25) is 9.69 Å². The highest BCUT2D eigenvalue weighted by molar-refractivity contribution is 5.97. The highest BCUT2D eigenvalue weighted by Gasteiger charge is 2.34. The number of aromatic nitrogens is 1. The molecule has 1 aliphatic heterocycles. The van der Waals surface area contributed by atoms with Crippen molar-refractivity contribution in [1.29, 1.82) is 0 Å². The van der Waals surface area contributed by atoms with Crippen LogP contribution in [0.5, 0.6) is 0 Å². The van der Waals surface area contributed by atoms with Crippen molar-refractivity contribution in [3.63, 3.8) is 0 Å². The molecule has 0 bridgehead atoms. The summed E-state index contributed by atoms with van der Waals surface area (Å²) in [5.74, 6) is 0. The van der Waals surface area contributed by atoms with E-state index in [4.69, 9.17) is 4.74 Å². The molecule has 0 saturated carbocycles. The third-order valence-electron chi connectivity index (χ3n) is 6.07. The number of hydrogen-bond donors (Lipinski definition) is 2. The number of fused-ring (bicyclic) bond motifs is 1. The van der Waals surface area contributed by atoms with Crippen LogP contribution in [0.4, 0.5) is 23.7 Å². The lowest BCUT2D eigenvalue weighted by molar-refractivity contribution is -0.137. The highest BCUT2D eigenvalue weighted by atomic mass is 19.4. The van der Waals surface area contributed by atoms with Crippen molar-refractivity contribution in [2.45, 2.75) is 18.8 Å². The van der Waals surface area contributed by atoms with Crippen molar-refractivity contribution in [2.24, 2.45) is 0 Å². The third-order valence-corrected chi connectivity index (χ3v) is 6.07. The lowest BCUT2D eigenvalue weighted by Gasteiger charge is -2.16. The normalized spacial score (nSPS) is 15.9. The van der Waals surface area contributed by atoms with Crippen molar-refractivity contribution in [2.75, 3.05) is 18.1 Å². The van der Waals surface area contributed by atoms with Gasteiger partial charge in [0, 0.05) is 22.3 Å². The van der Waals surface area contributed by atoms with E-state index in [9.17, 15) is 22.8 Å². The van der Waals surface area contributed by atoms with Crippen LogP contribution in [-0.2, 0) is 17.5 Å². The number of carbonyl (C=O) groups is 1. The maximum atomic E-state index is 13.5. The van der Waals surface area contributed by atoms with Crippen molar-refractivity contribution < 1.29 is 22.7 Å². The number of nitrogens with one attached hydrogen (secondary N) is 2. The Hall–Kier alpha value is -4.11. The number of halogens is 3. The average molecular weight is 493 g/mol. The minimum atomic E-state index is -4.56. The molecule has 1 saturated heterocycles. The Labute approximate surface area is 204 Å². The number of anilines is 1. The van der Waals surface area contributed by atoms with E-state index in [1.165, 1.54) is 29.2 Å². The van der Waals surface area contributed by atoms with Gasteiger partial charge in [-0.05, 0) is 35.2 Å². The molecule has 184 valence electrons. The lowest BCUT2D eigenvalue weighted by atomic mass is 10.0. The summed E-state index contributed by atoms with van der Waals surface area (Å²) in [5.41, 5.74) is 0.145. The van der Waals surface area contributed by atoms with Crippen molar-refractivity contribution in [1.82, 2.24) is 10.3 Å². The molecule has 1 fully saturated rings. The van der Waals surface area contributed by atoms with Crippen LogP contribution in [-0.4, -0.2) is 30.2 Å². The largest absolute Gasteiger partial charge is 0.417 e. The molecule has 4 aromatic rings. The van der Waals surface area contributed by atoms with E-state index in [-0.39, 0.29) is 28.7 Å². The summed E-state index contributed by atoms with van der Waals surface area (Å²) in [7, 11) is 0. The number of rotatable bonds is 6. The average Bonchev–Trinajstić information content (AvgIpc) is 3.24. The first-order valence-electron chi connectivity index (χ1n) is 11.3. The molecule has 2 heterocycles. The molecular weight excluding hydrogens is 471 g/mol. The summed E-state index contributed by atoms with van der Waals surface area (Å²) < 4.78 is 46.1. The third kappa shape index (κ3) is 4.83. The quantitative estimate of drug-likeness (QED) is 0.381. The number of H-pyrrole nitrogens is 1. The van der Waals surface area contributed by atoms with Gasteiger partial charge in [0.05, 0.1) is 31.4 Å². The van der Waals surface area contributed by atoms with Gasteiger partial charge in [0.1, 0.15) is 0 Å². The Morgan fingerprint density at radius 2 is 1.69 bits per heavy atom. The molecule has 0 radical (unpaired) electrons. The fraction of sp³-hybridized carbons (Fsp3) is 0.185. The zero-order valence-corrected chi connectivity index (χ0v) is 19.0. The number of carbonyl (C=O) groups excluding carboxylic acids is 1. The number of alkyl halides is 3. The second kappa shape index (κ2) is 9.50. The van der Waals surface area contributed by atoms with Gasteiger partial charge in [-0.1, -0.05) is 54.6 Å². The van der Waals surface area contributed by atoms with Crippen LogP contribution in [0.25, 0.3) is 22.0 Å². The minimum Gasteiger partial charge on any atom is -0.375 e. The number of pyridine rings is 1. The summed E-state index contributed by atoms with van der Waals surface area (Å²) >= 11 is 0. The molecule has 5 rings (SSSR count). The molecule has 9 heteroatoms. The highest BCUT2D eigenvalue weighted by Crippen LogP contribution is 2.36. The zero-order chi connectivity index (χ0) is 25.3. The van der Waals surface area contributed by atoms with E-state index in [0.29, 0.717) is 30.8 Å². The first kappa shape index (κ1) is 23.6. The second-order valence-electron chi connectivity index (χ2n) is 8.58. The van der Waals surface area contributed by atoms with Crippen LogP contribution >= 0.6 is 0 Å². The van der Waals surface area contributed by atoms with Gasteiger partial charge in [-0.2, -0.15) is 13.2 Å². The Kier molecular flexibility index (Phi) is 6.24. The fourth-order valence-electron chi connectivity index (χ4n) is 4.34. The number of urea groups is 1. The first-order chi connectivity index (χ1) is 17.3. The molecule has 1 aliphatic rings. The van der Waals surface area contributed by atoms with Crippen LogP contribution < -0.4 is 15.8 Å². The monoisotopic (exact) mass is 493 g/mol. The summed E-state index contributed by atoms with van der Waals surface area (Å²) in [4.78, 5) is 29.5. The summed E-state index contributed by atoms with van der Waals surface area (Å²) in [6.07, 6.45) is -4.56. The van der Waals surface area contributed by atoms with Crippen molar-refractivity contribution in [3.05, 3.63) is 100 Å². The van der Waals surface area contributed by atoms with E-state index >= 15 is 0 Å². The fourth-order valence-corrected chi connectivity index (χ4v) is 4.34. The first-order valence-corrected chi connectivity index (χ1v) is 11.3. The minimum absolute atomic E-state index is 0.0720. The molecule has 6 nitrogen and oxygen atoms in total. The molecule has 0 aliphatic carbocycles. The molecule has 36 heavy (non-hydrogen) atoms. The number of aromatic amines is 1. The maximum Gasteiger partial charge on any atom is 0.417 e. The van der Waals surface area contributed by atoms with E-state index in [2.05, 4.69) is 10.3 Å². The van der Waals surface area contributed by atoms with Gasteiger partial charge in [0.15, 0.2) is 0 Å². The standard InChI is InChI=1S/C27H22F3N3O3/c28-27(29,30)23-9-5-4-8-21(23)24-12-18-10-11-20(13-22(18)25(34)32-24)33-14-19(31-26(33)35)16-36-15-17-6-2-1-3-7-17/h1-13,19H,14-16H2,(H,31,35)(H,32,34)/t19-/m1/s1. The number of amides is 2. The Bertz CT molecular complexity index is 1470. The van der Waals surface area contributed by atoms with Crippen LogP contribution in [0.3, 0.4) is 0 Å². The Morgan fingerprint density at radius 1 is 0.944 bits per heavy atom. The molecule has 0 unspecified atom stereocenters. The number of ether oxygens (including phenoxy) is 1. The Morgan fingerprint density at radius 3 is 2.47 bits per heavy atom. The van der Waals surface area contributed by atoms with Crippen LogP contribution in [0.2, 0.25) is 0 Å². The van der Waals surface area contributed by atoms with Crippen LogP contribution in [0.1, 0.15) is 11.1 Å². The second-order valence-corrected chi connectivity index (χ2v) is 8.58. The molecule has 2 amide bonds. The SMILES string of the molecule is O=C1N[C@@H](COCc2ccccc2)CN1c1ccc2cc(-c3ccccc3C(F)(F)F)[nH]c(=O)c2c1. The molecule has 2 N–H and O–H groups in total. The van der Waals surface area contributed by atoms with Gasteiger partial charge in [0.2, 0.25) is 0 Å². The number of benzene rings is 3. The molecule has 1 atom stereocenters. The summed E-state index contributed by atoms with van der Waals surface area (Å²) in [6.45, 7) is 1.11. The van der Waals surface area contributed by atoms with Gasteiger partial charge in [0.25, 0.3) is 5.56 Å². The van der Waals surface area contributed by atoms with Crippen LogP contribution in [0, 0.1) is 0 Å². The van der Waals surface area contributed by atoms with Gasteiger partial charge < -0.3 is 15.0 Å². The zero-order valence-electron chi connectivity index (χ0n) is 19.0. The van der Waals surface area contributed by atoms with Crippen LogP contribution in [0.15, 0.2) is 83.7 Å². The van der Waals surface area contributed by atoms with Gasteiger partial charge in [-0.15, -0.1) is 0 Å². The summed E-state index contributed by atoms with van der Waals surface area (Å²) in [5, 5.41) is 3.62. The van der Waals surface area contributed by atoms with Crippen molar-refractivity contribution >= 4 is 22.5 Å². The Balaban J connectivity index is 1.35. The van der Waals surface area contributed by atoms with E-state index in [1.54, 1.807) is 18.2 Å². The van der Waals surface area contributed by atoms with Gasteiger partial charge >= 0.3 is 12.2 Å². The number of hydrogen-bond acceptors (Lipinski definition) is 3. The molecular formula is C27H22F3N3O3. The van der Waals surface area contributed by atoms with E-state index in [0.717, 1.165) is 11.6 Å². The predicted octanol–water partition coefficient (Wildman–Crippen LogP) is 5.33. The van der Waals surface area contributed by atoms with E-state index < -0.39 is 17.3 Å².